The van der Waals surface area contributed by atoms with Crippen LogP contribution in [0.4, 0.5) is 0 Å². The number of unbranched alkanes of at least 4 members (excludes halogenated alkanes) is 1. The molecule has 0 aromatic heterocycles. The highest BCUT2D eigenvalue weighted by molar-refractivity contribution is 5.93. The Kier molecular flexibility index (Phi) is 22.3. The number of rotatable bonds is 25. The summed E-state index contributed by atoms with van der Waals surface area (Å²) in [6.07, 6.45) is -13.1. The van der Waals surface area contributed by atoms with Crippen LogP contribution in [0.15, 0.2) is 0 Å². The highest BCUT2D eigenvalue weighted by Gasteiger charge is 2.52. The summed E-state index contributed by atoms with van der Waals surface area (Å²) in [5, 5.41) is 76.3. The second-order valence-electron chi connectivity index (χ2n) is 14.8. The molecule has 2 unspecified atom stereocenters. The Bertz CT molecular complexity index is 1480. The Labute approximate surface area is 352 Å². The van der Waals surface area contributed by atoms with Gasteiger partial charge in [0.2, 0.25) is 35.4 Å². The van der Waals surface area contributed by atoms with Gasteiger partial charge >= 0.3 is 5.97 Å². The molecule has 0 aliphatic carbocycles. The number of nitrogens with one attached hydrogen (secondary N) is 6. The predicted octanol–water partition coefficient (Wildman–Crippen LogP) is -6.77. The van der Waals surface area contributed by atoms with E-state index in [1.807, 2.05) is 0 Å². The summed E-state index contributed by atoms with van der Waals surface area (Å²) in [6.45, 7) is 5.66. The minimum Gasteiger partial charge on any atom is -0.480 e. The molecule has 2 rings (SSSR count). The van der Waals surface area contributed by atoms with Gasteiger partial charge in [-0.3, -0.25) is 33.6 Å². The lowest BCUT2D eigenvalue weighted by Gasteiger charge is -2.48. The van der Waals surface area contributed by atoms with E-state index in [0.29, 0.717) is 19.4 Å². The molecule has 25 nitrogen and oxygen atoms in total. The molecule has 0 saturated carbocycles. The molecule has 2 heterocycles. The van der Waals surface area contributed by atoms with Crippen LogP contribution in [0.1, 0.15) is 66.7 Å². The monoisotopic (exact) mass is 880 g/mol. The minimum atomic E-state index is -1.70. The van der Waals surface area contributed by atoms with E-state index in [1.54, 1.807) is 6.92 Å². The van der Waals surface area contributed by atoms with E-state index in [0.717, 1.165) is 6.92 Å². The number of amides is 6. The highest BCUT2D eigenvalue weighted by atomic mass is 16.7. The van der Waals surface area contributed by atoms with Gasteiger partial charge in [-0.25, -0.2) is 0 Å². The number of carbonyl (C=O) groups is 7. The van der Waals surface area contributed by atoms with Gasteiger partial charge in [0.15, 0.2) is 12.6 Å². The maximum absolute atomic E-state index is 13.5. The van der Waals surface area contributed by atoms with Crippen LogP contribution in [0.5, 0.6) is 0 Å². The number of nitrogens with two attached hydrogens (primary N) is 2. The van der Waals surface area contributed by atoms with Crippen molar-refractivity contribution < 1.29 is 83.1 Å². The van der Waals surface area contributed by atoms with Crippen LogP contribution in [-0.4, -0.2) is 190 Å². The third kappa shape index (κ3) is 15.9. The number of ether oxygens (including phenoxy) is 4. The van der Waals surface area contributed by atoms with Crippen LogP contribution >= 0.6 is 0 Å². The first-order valence-corrected chi connectivity index (χ1v) is 20.0. The number of carboxylic acids is 1. The third-order valence-electron chi connectivity index (χ3n) is 9.96. The van der Waals surface area contributed by atoms with Crippen molar-refractivity contribution in [3.8, 4) is 0 Å². The summed E-state index contributed by atoms with van der Waals surface area (Å²) < 4.78 is 23.5. The van der Waals surface area contributed by atoms with Crippen LogP contribution in [-0.2, 0) is 52.5 Å². The summed E-state index contributed by atoms with van der Waals surface area (Å²) in [5.74, 6) is -6.16. The zero-order valence-electron chi connectivity index (χ0n) is 34.9. The van der Waals surface area contributed by atoms with E-state index in [4.69, 9.17) is 35.5 Å². The molecule has 0 aromatic carbocycles. The molecule has 2 fully saturated rings. The van der Waals surface area contributed by atoms with E-state index in [2.05, 4.69) is 31.9 Å². The van der Waals surface area contributed by atoms with Crippen molar-refractivity contribution in [2.45, 2.75) is 158 Å². The minimum absolute atomic E-state index is 0.144. The van der Waals surface area contributed by atoms with E-state index < -0.39 is 153 Å². The summed E-state index contributed by atoms with van der Waals surface area (Å²) in [7, 11) is 0. The molecular weight excluding hydrogens is 816 g/mol. The average Bonchev–Trinajstić information content (AvgIpc) is 3.20. The fourth-order valence-electron chi connectivity index (χ4n) is 6.54. The number of likely N-dealkylation sites (N-methyl/N-ethyl adjacent to an activating group) is 1. The molecule has 2 saturated heterocycles. The number of carboxylic acid groups (broad SMARTS) is 1. The largest absolute Gasteiger partial charge is 0.480 e. The van der Waals surface area contributed by atoms with Gasteiger partial charge < -0.3 is 93.0 Å². The smallest absolute Gasteiger partial charge is 0.325 e. The predicted molar refractivity (Wildman–Crippen MR) is 208 cm³/mol. The van der Waals surface area contributed by atoms with Gasteiger partial charge in [-0.15, -0.1) is 0 Å². The molecule has 61 heavy (non-hydrogen) atoms. The molecule has 350 valence electrons. The molecule has 6 amide bonds. The van der Waals surface area contributed by atoms with Crippen LogP contribution < -0.4 is 43.4 Å². The number of aliphatic carboxylic acids is 1. The van der Waals surface area contributed by atoms with E-state index in [-0.39, 0.29) is 19.4 Å². The van der Waals surface area contributed by atoms with E-state index in [1.165, 1.54) is 20.8 Å². The van der Waals surface area contributed by atoms with Gasteiger partial charge in [0.1, 0.15) is 72.9 Å². The van der Waals surface area contributed by atoms with Crippen molar-refractivity contribution in [2.75, 3.05) is 26.3 Å². The van der Waals surface area contributed by atoms with Gasteiger partial charge in [0.05, 0.1) is 19.3 Å². The number of hydrogen-bond acceptors (Lipinski definition) is 18. The third-order valence-corrected chi connectivity index (χ3v) is 9.96. The lowest BCUT2D eigenvalue weighted by molar-refractivity contribution is -0.333. The summed E-state index contributed by atoms with van der Waals surface area (Å²) in [6, 6.07) is -7.64. The first kappa shape index (κ1) is 53.0. The summed E-state index contributed by atoms with van der Waals surface area (Å²) in [5.41, 5.74) is 11.0. The number of aliphatic hydroxyl groups excluding tert-OH is 5. The van der Waals surface area contributed by atoms with Crippen molar-refractivity contribution >= 4 is 41.4 Å². The Hall–Kier alpha value is -4.15. The molecule has 0 radical (unpaired) electrons. The zero-order valence-corrected chi connectivity index (χ0v) is 34.9. The normalized spacial score (nSPS) is 28.8. The Morgan fingerprint density at radius 2 is 1.39 bits per heavy atom. The maximum atomic E-state index is 13.5. The van der Waals surface area contributed by atoms with Crippen LogP contribution in [0.25, 0.3) is 0 Å². The maximum Gasteiger partial charge on any atom is 0.325 e. The lowest BCUT2D eigenvalue weighted by atomic mass is 9.94. The molecule has 2 aliphatic heterocycles. The summed E-state index contributed by atoms with van der Waals surface area (Å²) in [4.78, 5) is 87.7. The van der Waals surface area contributed by atoms with Crippen molar-refractivity contribution in [3.63, 3.8) is 0 Å². The number of carbonyl (C=O) groups excluding carboxylic acids is 6. The van der Waals surface area contributed by atoms with Crippen molar-refractivity contribution in [2.24, 2.45) is 11.5 Å². The number of hydrogen-bond donors (Lipinski definition) is 14. The van der Waals surface area contributed by atoms with Gasteiger partial charge in [0, 0.05) is 13.3 Å². The van der Waals surface area contributed by atoms with E-state index >= 15 is 0 Å². The van der Waals surface area contributed by atoms with Crippen LogP contribution in [0.2, 0.25) is 0 Å². The summed E-state index contributed by atoms with van der Waals surface area (Å²) >= 11 is 0. The number of primary amides is 1. The Balaban J connectivity index is 2.18. The molecule has 25 heteroatoms. The topological polar surface area (TPSA) is 402 Å². The molecule has 0 spiro atoms. The Morgan fingerprint density at radius 3 is 1.95 bits per heavy atom. The van der Waals surface area contributed by atoms with Crippen molar-refractivity contribution in [3.05, 3.63) is 0 Å². The van der Waals surface area contributed by atoms with Gasteiger partial charge in [-0.05, 0) is 59.5 Å². The second kappa shape index (κ2) is 25.7. The molecular formula is C36H64N8O17. The van der Waals surface area contributed by atoms with E-state index in [9.17, 15) is 59.1 Å². The first-order valence-electron chi connectivity index (χ1n) is 20.0. The Morgan fingerprint density at radius 1 is 0.754 bits per heavy atom. The van der Waals surface area contributed by atoms with Crippen LogP contribution in [0.3, 0.4) is 0 Å². The fourth-order valence-corrected chi connectivity index (χ4v) is 6.54. The quantitative estimate of drug-likeness (QED) is 0.0379. The molecule has 0 bridgehead atoms. The van der Waals surface area contributed by atoms with Gasteiger partial charge in [-0.2, -0.15) is 0 Å². The fraction of sp³-hybridized carbons (Fsp3) is 0.806. The zero-order chi connectivity index (χ0) is 46.1. The second-order valence-corrected chi connectivity index (χ2v) is 14.8. The first-order chi connectivity index (χ1) is 28.7. The number of aliphatic hydroxyl groups is 5. The van der Waals surface area contributed by atoms with Gasteiger partial charge in [-0.1, -0.05) is 6.92 Å². The van der Waals surface area contributed by atoms with Crippen LogP contribution in [0, 0.1) is 0 Å². The molecule has 0 aromatic rings. The standard InChI is InChI=1S/C36H64N8O17/c1-6-39-25-29(28(22(14-46)59-35(25)57)61-36-24(42-18(5)47)27(50)26(49)21(13-45)60-36)58-17(4)32(53)40-15(2)31(52)44-19(30(38)51)10-11-23(48)43-20(9-7-8-12-37)33(54)41-16(3)34(55)56/h15-17,19-22,24-29,35-36,39,45-46,49-50,57H,6-14,37H2,1-5H3,(H2,38,51)(H,40,53)(H,41,54)(H,42,47)(H,43,48)(H,44,52)(H,55,56)/t15-,16+,17?,19+,20-,21+,22+,24+,25+,26+,27+,28+,29+,35?,36-/m0/s1. The molecule has 16 N–H and O–H groups in total. The molecule has 2 aliphatic rings. The molecule has 15 atom stereocenters. The van der Waals surface area contributed by atoms with Crippen molar-refractivity contribution in [1.29, 1.82) is 0 Å². The highest BCUT2D eigenvalue weighted by Crippen LogP contribution is 2.31. The van der Waals surface area contributed by atoms with Crippen molar-refractivity contribution in [1.82, 2.24) is 31.9 Å². The lowest BCUT2D eigenvalue weighted by Crippen LogP contribution is -2.69. The average molecular weight is 881 g/mol. The van der Waals surface area contributed by atoms with Gasteiger partial charge in [0.25, 0.3) is 0 Å². The SMILES string of the molecule is CCN[C@H]1C(O)O[C@H](CO)[C@@H](O[C@@H]2O[C@H](CO)[C@@H](O)[C@H](O)[C@H]2NC(C)=O)[C@@H]1OC(C)C(=O)N[C@@H](C)C(=O)N[C@H](CCC(=O)N[C@@H](CCCCN)C(=O)N[C@H](C)C(=O)O)C(N)=O.